The summed E-state index contributed by atoms with van der Waals surface area (Å²) in [5, 5.41) is 4.71. The van der Waals surface area contributed by atoms with Gasteiger partial charge in [-0.2, -0.15) is 0 Å². The van der Waals surface area contributed by atoms with Crippen molar-refractivity contribution in [1.82, 2.24) is 15.5 Å². The van der Waals surface area contributed by atoms with E-state index in [0.29, 0.717) is 31.9 Å². The number of nitrogens with zero attached hydrogens (tertiary/aromatic N) is 1. The van der Waals surface area contributed by atoms with Gasteiger partial charge < -0.3 is 29.7 Å². The number of esters is 2. The summed E-state index contributed by atoms with van der Waals surface area (Å²) in [6.45, 7) is 1.08. The van der Waals surface area contributed by atoms with Gasteiger partial charge in [-0.1, -0.05) is 30.3 Å². The summed E-state index contributed by atoms with van der Waals surface area (Å²) in [6.07, 6.45) is 0.0484. The number of amides is 3. The minimum atomic E-state index is -1.48. The van der Waals surface area contributed by atoms with Gasteiger partial charge in [-0.3, -0.25) is 9.59 Å². The van der Waals surface area contributed by atoms with Gasteiger partial charge in [0, 0.05) is 32.4 Å². The summed E-state index contributed by atoms with van der Waals surface area (Å²) in [4.78, 5) is 64.0. The molecule has 1 aliphatic heterocycles. The Hall–Kier alpha value is -4.55. The molecule has 2 aromatic carbocycles. The van der Waals surface area contributed by atoms with Crippen molar-refractivity contribution >= 4 is 29.8 Å². The molecule has 0 spiro atoms. The molecule has 3 amide bonds. The molecule has 3 rings (SSSR count). The fourth-order valence-electron chi connectivity index (χ4n) is 4.50. The molecule has 1 unspecified atom stereocenters. The van der Waals surface area contributed by atoms with E-state index in [9.17, 15) is 32.8 Å². The van der Waals surface area contributed by atoms with Crippen LogP contribution in [-0.4, -0.2) is 79.7 Å². The number of carbonyl (C=O) groups is 5. The highest BCUT2D eigenvalue weighted by molar-refractivity contribution is 5.90. The third kappa shape index (κ3) is 9.53. The number of ether oxygens (including phenoxy) is 3. The second-order valence-corrected chi connectivity index (χ2v) is 9.64. The van der Waals surface area contributed by atoms with Gasteiger partial charge in [-0.15, -0.1) is 0 Å². The Kier molecular flexibility index (Phi) is 11.8. The predicted molar refractivity (Wildman–Crippen MR) is 144 cm³/mol. The first kappa shape index (κ1) is 32.0. The summed E-state index contributed by atoms with van der Waals surface area (Å²) in [5.74, 6) is -4.71. The van der Waals surface area contributed by atoms with Gasteiger partial charge in [0.15, 0.2) is 6.04 Å². The molecule has 0 aromatic heterocycles. The summed E-state index contributed by atoms with van der Waals surface area (Å²) in [6, 6.07) is 8.09. The Labute approximate surface area is 241 Å². The third-order valence-corrected chi connectivity index (χ3v) is 6.56. The zero-order valence-electron chi connectivity index (χ0n) is 23.3. The van der Waals surface area contributed by atoms with Gasteiger partial charge >= 0.3 is 18.0 Å². The van der Waals surface area contributed by atoms with E-state index in [-0.39, 0.29) is 24.5 Å². The van der Waals surface area contributed by atoms with Crippen molar-refractivity contribution in [2.24, 2.45) is 0 Å². The fourth-order valence-corrected chi connectivity index (χ4v) is 4.50. The molecule has 3 atom stereocenters. The number of carbonyl (C=O) groups excluding carboxylic acids is 5. The maximum absolute atomic E-state index is 13.8. The van der Waals surface area contributed by atoms with Crippen LogP contribution in [0.1, 0.15) is 30.9 Å². The molecular weight excluding hydrogens is 556 g/mol. The molecule has 11 nitrogen and oxygen atoms in total. The van der Waals surface area contributed by atoms with Crippen LogP contribution in [0.4, 0.5) is 13.6 Å². The molecule has 0 radical (unpaired) electrons. The van der Waals surface area contributed by atoms with Crippen molar-refractivity contribution in [3.8, 4) is 0 Å². The van der Waals surface area contributed by atoms with E-state index in [0.717, 1.165) is 24.8 Å². The van der Waals surface area contributed by atoms with Gasteiger partial charge in [0.25, 0.3) is 0 Å². The Morgan fingerprint density at radius 1 is 0.952 bits per heavy atom. The lowest BCUT2D eigenvalue weighted by Gasteiger charge is -2.24. The van der Waals surface area contributed by atoms with E-state index in [2.05, 4.69) is 10.6 Å². The molecule has 1 fully saturated rings. The van der Waals surface area contributed by atoms with Crippen LogP contribution in [0.3, 0.4) is 0 Å². The first-order valence-electron chi connectivity index (χ1n) is 13.3. The largest absolute Gasteiger partial charge is 0.467 e. The van der Waals surface area contributed by atoms with E-state index >= 15 is 0 Å². The van der Waals surface area contributed by atoms with Crippen LogP contribution in [0.5, 0.6) is 0 Å². The number of alkyl carbamates (subject to hydrolysis) is 1. The number of methoxy groups -OCH3 is 1. The number of halogens is 2. The first-order valence-corrected chi connectivity index (χ1v) is 13.3. The average Bonchev–Trinajstić information content (AvgIpc) is 3.45. The van der Waals surface area contributed by atoms with Crippen molar-refractivity contribution in [2.45, 2.75) is 50.7 Å². The average molecular weight is 590 g/mol. The number of benzene rings is 2. The summed E-state index contributed by atoms with van der Waals surface area (Å²) >= 11 is 0. The standard InChI is InChI=1S/C29H33F2N3O8/c1-18(35)34-11-6-9-25(34)28(38)42-17-24(27(37)40-2)32-26(36)23(15-20-13-21(30)16-22(31)14-20)33-29(39)41-12-10-19-7-4-3-5-8-19/h3-5,7-8,13-14,16,23-25H,6,9-12,15,17H2,1-2H3,(H,32,36)(H,33,39)/t23-,24-,25?/m0/s1. The molecule has 226 valence electrons. The van der Waals surface area contributed by atoms with Crippen molar-refractivity contribution < 1.29 is 47.0 Å². The van der Waals surface area contributed by atoms with E-state index in [1.54, 1.807) is 0 Å². The molecule has 42 heavy (non-hydrogen) atoms. The smallest absolute Gasteiger partial charge is 0.407 e. The van der Waals surface area contributed by atoms with Gasteiger partial charge in [0.2, 0.25) is 11.8 Å². The number of hydrogen-bond donors (Lipinski definition) is 2. The van der Waals surface area contributed by atoms with Gasteiger partial charge in [0.1, 0.15) is 30.3 Å². The van der Waals surface area contributed by atoms with Gasteiger partial charge in [-0.25, -0.2) is 23.2 Å². The Morgan fingerprint density at radius 2 is 1.64 bits per heavy atom. The SMILES string of the molecule is COC(=O)[C@H](COC(=O)C1CCCN1C(C)=O)NC(=O)[C@H](Cc1cc(F)cc(F)c1)NC(=O)OCCc1ccccc1. The third-order valence-electron chi connectivity index (χ3n) is 6.56. The summed E-state index contributed by atoms with van der Waals surface area (Å²) in [5.41, 5.74) is 0.957. The molecule has 0 bridgehead atoms. The Balaban J connectivity index is 1.68. The Morgan fingerprint density at radius 3 is 2.29 bits per heavy atom. The van der Waals surface area contributed by atoms with Gasteiger partial charge in [0.05, 0.1) is 13.7 Å². The molecule has 2 aromatic rings. The topological polar surface area (TPSA) is 140 Å². The highest BCUT2D eigenvalue weighted by atomic mass is 19.1. The van der Waals surface area contributed by atoms with Crippen molar-refractivity contribution in [3.05, 3.63) is 71.3 Å². The van der Waals surface area contributed by atoms with Crippen molar-refractivity contribution in [2.75, 3.05) is 26.9 Å². The van der Waals surface area contributed by atoms with Crippen LogP contribution in [0.15, 0.2) is 48.5 Å². The first-order chi connectivity index (χ1) is 20.1. The molecule has 1 heterocycles. The maximum Gasteiger partial charge on any atom is 0.407 e. The lowest BCUT2D eigenvalue weighted by molar-refractivity contribution is -0.157. The minimum Gasteiger partial charge on any atom is -0.467 e. The highest BCUT2D eigenvalue weighted by Gasteiger charge is 2.35. The zero-order chi connectivity index (χ0) is 30.6. The predicted octanol–water partition coefficient (Wildman–Crippen LogP) is 2.06. The second kappa shape index (κ2) is 15.5. The van der Waals surface area contributed by atoms with Crippen LogP contribution in [0, 0.1) is 11.6 Å². The number of nitrogens with one attached hydrogen (secondary N) is 2. The fraction of sp³-hybridized carbons (Fsp3) is 0.414. The number of rotatable bonds is 12. The van der Waals surface area contributed by atoms with E-state index in [1.807, 2.05) is 30.3 Å². The lowest BCUT2D eigenvalue weighted by atomic mass is 10.0. The zero-order valence-corrected chi connectivity index (χ0v) is 23.3. The normalized spacial score (nSPS) is 15.7. The van der Waals surface area contributed by atoms with Crippen molar-refractivity contribution in [3.63, 3.8) is 0 Å². The molecule has 1 aliphatic rings. The molecular formula is C29H33F2N3O8. The quantitative estimate of drug-likeness (QED) is 0.283. The second-order valence-electron chi connectivity index (χ2n) is 9.64. The number of hydrogen-bond acceptors (Lipinski definition) is 8. The summed E-state index contributed by atoms with van der Waals surface area (Å²) < 4.78 is 42.8. The van der Waals surface area contributed by atoms with Crippen molar-refractivity contribution in [1.29, 1.82) is 0 Å². The van der Waals surface area contributed by atoms with Crippen LogP contribution in [0.25, 0.3) is 0 Å². The van der Waals surface area contributed by atoms with Crippen LogP contribution >= 0.6 is 0 Å². The summed E-state index contributed by atoms with van der Waals surface area (Å²) in [7, 11) is 1.06. The molecule has 2 N–H and O–H groups in total. The maximum atomic E-state index is 13.8. The highest BCUT2D eigenvalue weighted by Crippen LogP contribution is 2.18. The molecule has 0 aliphatic carbocycles. The van der Waals surface area contributed by atoms with Gasteiger partial charge in [-0.05, 0) is 36.1 Å². The monoisotopic (exact) mass is 589 g/mol. The van der Waals surface area contributed by atoms with E-state index < -0.39 is 60.3 Å². The van der Waals surface area contributed by atoms with Crippen LogP contribution in [0.2, 0.25) is 0 Å². The lowest BCUT2D eigenvalue weighted by Crippen LogP contribution is -2.54. The minimum absolute atomic E-state index is 0.0159. The molecule has 0 saturated carbocycles. The number of likely N-dealkylation sites (tertiary alicyclic amines) is 1. The molecule has 1 saturated heterocycles. The van der Waals surface area contributed by atoms with E-state index in [4.69, 9.17) is 14.2 Å². The van der Waals surface area contributed by atoms with Crippen LogP contribution < -0.4 is 10.6 Å². The Bertz CT molecular complexity index is 1260. The molecule has 13 heteroatoms. The van der Waals surface area contributed by atoms with E-state index in [1.165, 1.54) is 11.8 Å². The van der Waals surface area contributed by atoms with Crippen LogP contribution in [-0.2, 0) is 46.2 Å².